The van der Waals surface area contributed by atoms with Gasteiger partial charge in [0.15, 0.2) is 0 Å². The predicted molar refractivity (Wildman–Crippen MR) is 150 cm³/mol. The largest absolute Gasteiger partial charge is 0.445 e. The summed E-state index contributed by atoms with van der Waals surface area (Å²) < 4.78 is 4.93. The number of urea groups is 1. The van der Waals surface area contributed by atoms with E-state index in [9.17, 15) is 19.2 Å². The lowest BCUT2D eigenvalue weighted by atomic mass is 10.0. The first kappa shape index (κ1) is 30.5. The summed E-state index contributed by atoms with van der Waals surface area (Å²) in [6.45, 7) is 8.96. The normalized spacial score (nSPS) is 19.2. The Morgan fingerprint density at radius 1 is 1.23 bits per heavy atom. The average Bonchev–Trinajstić information content (AvgIpc) is 2.93. The Morgan fingerprint density at radius 2 is 1.98 bits per heavy atom. The van der Waals surface area contributed by atoms with Gasteiger partial charge in [0.25, 0.3) is 0 Å². The molecule has 0 saturated carbocycles. The van der Waals surface area contributed by atoms with Gasteiger partial charge in [-0.15, -0.1) is 6.42 Å². The number of terminal acetylenes is 1. The van der Waals surface area contributed by atoms with Crippen molar-refractivity contribution in [3.05, 3.63) is 48.6 Å². The molecule has 11 nitrogen and oxygen atoms in total. The number of alkyl carbamates (subject to hydrolysis) is 1. The number of carbonyl (C=O) groups is 4. The summed E-state index contributed by atoms with van der Waals surface area (Å²) in [6, 6.07) is 8.34. The van der Waals surface area contributed by atoms with Crippen LogP contribution >= 0.6 is 0 Å². The highest BCUT2D eigenvalue weighted by Gasteiger charge is 2.50. The summed E-state index contributed by atoms with van der Waals surface area (Å²) in [7, 11) is 0. The number of piperazine rings is 1. The van der Waals surface area contributed by atoms with E-state index in [1.165, 1.54) is 16.0 Å². The molecule has 0 unspecified atom stereocenters. The van der Waals surface area contributed by atoms with Gasteiger partial charge in [0.2, 0.25) is 11.8 Å². The molecule has 2 saturated heterocycles. The lowest BCUT2D eigenvalue weighted by Crippen LogP contribution is -2.76. The second-order valence-electron chi connectivity index (χ2n) is 10.2. The molecule has 2 N–H and O–H groups in total. The number of ether oxygens (including phenoxy) is 1. The van der Waals surface area contributed by atoms with E-state index in [0.29, 0.717) is 31.8 Å². The quantitative estimate of drug-likeness (QED) is 0.233. The van der Waals surface area contributed by atoms with Crippen LogP contribution in [0, 0.1) is 18.3 Å². The number of nitrogens with zero attached hydrogens (tertiary/aromatic N) is 4. The van der Waals surface area contributed by atoms with Crippen molar-refractivity contribution in [1.82, 2.24) is 30.5 Å². The van der Waals surface area contributed by atoms with Gasteiger partial charge in [0.1, 0.15) is 18.8 Å². The van der Waals surface area contributed by atoms with Crippen LogP contribution in [0.25, 0.3) is 0 Å². The molecule has 216 valence electrons. The van der Waals surface area contributed by atoms with Crippen LogP contribution in [0.2, 0.25) is 0 Å². The Bertz CT molecular complexity index is 1090. The fourth-order valence-electron chi connectivity index (χ4n) is 4.86. The van der Waals surface area contributed by atoms with Crippen LogP contribution in [0.5, 0.6) is 0 Å². The SMILES string of the molecule is C#CCN1CC(=O)N2[C@@H](CCCNC(=O)OCC=C)C(=O)N(CCC(C)C)C[C@@H]2N1C(=O)NCc1ccccc1. The smallest absolute Gasteiger partial charge is 0.407 e. The Kier molecular flexibility index (Phi) is 11.4. The maximum atomic E-state index is 13.6. The van der Waals surface area contributed by atoms with Gasteiger partial charge in [0.05, 0.1) is 19.6 Å². The summed E-state index contributed by atoms with van der Waals surface area (Å²) in [5.41, 5.74) is 0.929. The number of hydrogen-bond acceptors (Lipinski definition) is 6. The molecule has 40 heavy (non-hydrogen) atoms. The van der Waals surface area contributed by atoms with Gasteiger partial charge < -0.3 is 25.2 Å². The highest BCUT2D eigenvalue weighted by Crippen LogP contribution is 2.29. The highest BCUT2D eigenvalue weighted by molar-refractivity contribution is 5.91. The molecule has 0 bridgehead atoms. The first-order valence-electron chi connectivity index (χ1n) is 13.7. The second-order valence-corrected chi connectivity index (χ2v) is 10.2. The molecule has 5 amide bonds. The van der Waals surface area contributed by atoms with Crippen LogP contribution in [-0.4, -0.2) is 95.3 Å². The maximum Gasteiger partial charge on any atom is 0.407 e. The molecule has 0 spiro atoms. The monoisotopic (exact) mass is 552 g/mol. The minimum absolute atomic E-state index is 0.0657. The van der Waals surface area contributed by atoms with Gasteiger partial charge in [0, 0.05) is 19.6 Å². The highest BCUT2D eigenvalue weighted by atomic mass is 16.5. The zero-order valence-electron chi connectivity index (χ0n) is 23.4. The molecule has 3 rings (SSSR count). The summed E-state index contributed by atoms with van der Waals surface area (Å²) in [4.78, 5) is 55.7. The number of hydrogen-bond donors (Lipinski definition) is 2. The van der Waals surface area contributed by atoms with Gasteiger partial charge in [-0.1, -0.05) is 62.8 Å². The maximum absolute atomic E-state index is 13.6. The zero-order valence-corrected chi connectivity index (χ0v) is 23.4. The number of nitrogens with one attached hydrogen (secondary N) is 2. The Morgan fingerprint density at radius 3 is 2.65 bits per heavy atom. The summed E-state index contributed by atoms with van der Waals surface area (Å²) in [5, 5.41) is 8.65. The number of benzene rings is 1. The van der Waals surface area contributed by atoms with Crippen molar-refractivity contribution in [3.8, 4) is 12.3 Å². The summed E-state index contributed by atoms with van der Waals surface area (Å²) >= 11 is 0. The van der Waals surface area contributed by atoms with Gasteiger partial charge >= 0.3 is 12.1 Å². The Labute approximate surface area is 236 Å². The van der Waals surface area contributed by atoms with Gasteiger partial charge in [-0.3, -0.25) is 9.59 Å². The van der Waals surface area contributed by atoms with E-state index < -0.39 is 24.3 Å². The molecular weight excluding hydrogens is 512 g/mol. The van der Waals surface area contributed by atoms with Crippen LogP contribution < -0.4 is 10.6 Å². The third-order valence-electron chi connectivity index (χ3n) is 6.83. The number of hydrazine groups is 1. The molecular formula is C29H40N6O5. The summed E-state index contributed by atoms with van der Waals surface area (Å²) in [6.07, 6.45) is 7.31. The molecule has 2 fully saturated rings. The van der Waals surface area contributed by atoms with Gasteiger partial charge in [-0.05, 0) is 30.7 Å². The number of amides is 5. The lowest BCUT2D eigenvalue weighted by molar-refractivity contribution is -0.189. The van der Waals surface area contributed by atoms with Crippen molar-refractivity contribution in [2.75, 3.05) is 39.3 Å². The van der Waals surface area contributed by atoms with E-state index in [4.69, 9.17) is 11.2 Å². The van der Waals surface area contributed by atoms with Gasteiger partial charge in [-0.2, -0.15) is 5.01 Å². The Hall–Kier alpha value is -4.04. The van der Waals surface area contributed by atoms with Crippen molar-refractivity contribution < 1.29 is 23.9 Å². The number of fused-ring (bicyclic) bond motifs is 1. The van der Waals surface area contributed by atoms with Crippen LogP contribution in [-0.2, 0) is 20.9 Å². The lowest BCUT2D eigenvalue weighted by Gasteiger charge is -2.55. The second kappa shape index (κ2) is 14.9. The van der Waals surface area contributed by atoms with Crippen molar-refractivity contribution in [2.24, 2.45) is 5.92 Å². The van der Waals surface area contributed by atoms with E-state index in [1.54, 1.807) is 9.91 Å². The van der Waals surface area contributed by atoms with Crippen LogP contribution in [0.1, 0.15) is 38.7 Å². The van der Waals surface area contributed by atoms with Crippen molar-refractivity contribution in [2.45, 2.75) is 51.9 Å². The number of carbonyl (C=O) groups excluding carboxylic acids is 4. The summed E-state index contributed by atoms with van der Waals surface area (Å²) in [5.74, 6) is 2.48. The standard InChI is InChI=1S/C29H40N6O5/c1-5-16-33-21-26(36)34-24(13-10-15-30-29(39)40-18-6-2)27(37)32(17-14-22(3)4)20-25(34)35(33)28(38)31-19-23-11-8-7-9-12-23/h1,6-9,11-12,22,24-25H,2,10,13-21H2,3-4H3,(H,30,39)(H,31,38)/t24-,25-/m0/s1. The zero-order chi connectivity index (χ0) is 29.1. The van der Waals surface area contributed by atoms with E-state index in [0.717, 1.165) is 12.0 Å². The molecule has 0 radical (unpaired) electrons. The molecule has 2 atom stereocenters. The number of rotatable bonds is 12. The molecule has 2 aliphatic heterocycles. The van der Waals surface area contributed by atoms with Crippen LogP contribution in [0.3, 0.4) is 0 Å². The van der Waals surface area contributed by atoms with Crippen molar-refractivity contribution >= 4 is 23.9 Å². The fraction of sp³-hybridized carbons (Fsp3) is 0.517. The van der Waals surface area contributed by atoms with Crippen molar-refractivity contribution in [1.29, 1.82) is 0 Å². The third kappa shape index (κ3) is 7.99. The van der Waals surface area contributed by atoms with Crippen LogP contribution in [0.4, 0.5) is 9.59 Å². The molecule has 2 aliphatic rings. The third-order valence-corrected chi connectivity index (χ3v) is 6.83. The molecule has 1 aromatic rings. The van der Waals surface area contributed by atoms with Crippen LogP contribution in [0.15, 0.2) is 43.0 Å². The molecule has 2 heterocycles. The topological polar surface area (TPSA) is 115 Å². The molecule has 1 aromatic carbocycles. The molecule has 11 heteroatoms. The van der Waals surface area contributed by atoms with Crippen molar-refractivity contribution in [3.63, 3.8) is 0 Å². The fourth-order valence-corrected chi connectivity index (χ4v) is 4.86. The minimum Gasteiger partial charge on any atom is -0.445 e. The first-order valence-corrected chi connectivity index (χ1v) is 13.7. The van der Waals surface area contributed by atoms with E-state index in [1.807, 2.05) is 30.3 Å². The Balaban J connectivity index is 1.82. The first-order chi connectivity index (χ1) is 19.3. The van der Waals surface area contributed by atoms with Gasteiger partial charge in [-0.25, -0.2) is 14.6 Å². The molecule has 0 aliphatic carbocycles. The predicted octanol–water partition coefficient (Wildman–Crippen LogP) is 2.17. The minimum atomic E-state index is -0.776. The van der Waals surface area contributed by atoms with E-state index in [2.05, 4.69) is 37.0 Å². The average molecular weight is 553 g/mol. The van der Waals surface area contributed by atoms with E-state index >= 15 is 0 Å². The van der Waals surface area contributed by atoms with E-state index in [-0.39, 0.29) is 44.6 Å². The molecule has 0 aromatic heterocycles.